The molecule has 0 bridgehead atoms. The molecule has 2 aromatic rings. The Balaban J connectivity index is 1.92. The minimum absolute atomic E-state index is 0.0128. The summed E-state index contributed by atoms with van der Waals surface area (Å²) in [7, 11) is 3.19. The molecule has 1 aliphatic rings. The molecule has 1 fully saturated rings. The number of carbonyl (C=O) groups is 1. The van der Waals surface area contributed by atoms with E-state index in [9.17, 15) is 4.79 Å². The first-order valence-corrected chi connectivity index (χ1v) is 7.71. The Morgan fingerprint density at radius 2 is 1.74 bits per heavy atom. The maximum atomic E-state index is 12.7. The monoisotopic (exact) mass is 318 g/mol. The van der Waals surface area contributed by atoms with Crippen LogP contribution in [-0.4, -0.2) is 55.3 Å². The summed E-state index contributed by atoms with van der Waals surface area (Å²) in [6, 6.07) is 5.56. The molecular formula is C17H22N2O4. The number of morpholine rings is 1. The highest BCUT2D eigenvalue weighted by Crippen LogP contribution is 2.32. The summed E-state index contributed by atoms with van der Waals surface area (Å²) in [5.74, 6) is 1.27. The standard InChI is InChI=1S/C17H22N2O4/c1-10-8-19(9-11(2)23-10)17(20)14-5-12-6-15(21-3)16(22-4)7-13(12)18-14/h5-7,10-11,18H,8-9H2,1-4H3/t10-,11+. The van der Waals surface area contributed by atoms with Gasteiger partial charge in [0.15, 0.2) is 11.5 Å². The molecule has 0 spiro atoms. The van der Waals surface area contributed by atoms with Gasteiger partial charge in [0, 0.05) is 30.1 Å². The van der Waals surface area contributed by atoms with E-state index in [1.165, 1.54) is 0 Å². The number of fused-ring (bicyclic) bond motifs is 1. The number of rotatable bonds is 3. The SMILES string of the molecule is COc1cc2cc(C(=O)N3C[C@@H](C)O[C@@H](C)C3)[nH]c2cc1OC. The van der Waals surface area contributed by atoms with Crippen molar-refractivity contribution in [2.45, 2.75) is 26.1 Å². The third-order valence-corrected chi connectivity index (χ3v) is 4.06. The number of nitrogens with one attached hydrogen (secondary N) is 1. The Hall–Kier alpha value is -2.21. The molecule has 1 aliphatic heterocycles. The van der Waals surface area contributed by atoms with Gasteiger partial charge in [0.2, 0.25) is 0 Å². The predicted molar refractivity (Wildman–Crippen MR) is 87.3 cm³/mol. The van der Waals surface area contributed by atoms with Crippen LogP contribution in [0.1, 0.15) is 24.3 Å². The minimum atomic E-state index is -0.0128. The van der Waals surface area contributed by atoms with Crippen LogP contribution >= 0.6 is 0 Å². The molecule has 1 amide bonds. The van der Waals surface area contributed by atoms with Crippen molar-refractivity contribution in [2.24, 2.45) is 0 Å². The van der Waals surface area contributed by atoms with E-state index in [1.807, 2.05) is 36.9 Å². The predicted octanol–water partition coefficient (Wildman–Crippen LogP) is 2.43. The molecule has 0 aliphatic carbocycles. The van der Waals surface area contributed by atoms with Gasteiger partial charge in [0.05, 0.1) is 26.4 Å². The summed E-state index contributed by atoms with van der Waals surface area (Å²) in [5, 5.41) is 0.917. The number of benzene rings is 1. The summed E-state index contributed by atoms with van der Waals surface area (Å²) in [4.78, 5) is 17.8. The topological polar surface area (TPSA) is 63.8 Å². The molecule has 0 saturated carbocycles. The van der Waals surface area contributed by atoms with Crippen molar-refractivity contribution in [3.8, 4) is 11.5 Å². The molecule has 0 radical (unpaired) electrons. The molecule has 6 heteroatoms. The number of H-pyrrole nitrogens is 1. The third-order valence-electron chi connectivity index (χ3n) is 4.06. The van der Waals surface area contributed by atoms with Crippen molar-refractivity contribution in [3.05, 3.63) is 23.9 Å². The smallest absolute Gasteiger partial charge is 0.270 e. The van der Waals surface area contributed by atoms with Crippen molar-refractivity contribution in [2.75, 3.05) is 27.3 Å². The molecule has 2 heterocycles. The average Bonchev–Trinajstić information content (AvgIpc) is 2.94. The molecule has 3 rings (SSSR count). The quantitative estimate of drug-likeness (QED) is 0.944. The van der Waals surface area contributed by atoms with Gasteiger partial charge < -0.3 is 24.1 Å². The number of aromatic nitrogens is 1. The Kier molecular flexibility index (Phi) is 4.17. The average molecular weight is 318 g/mol. The number of nitrogens with zero attached hydrogens (tertiary/aromatic N) is 1. The second-order valence-corrected chi connectivity index (χ2v) is 5.94. The number of aromatic amines is 1. The van der Waals surface area contributed by atoms with Gasteiger partial charge in [0.1, 0.15) is 5.69 Å². The van der Waals surface area contributed by atoms with Crippen molar-refractivity contribution in [1.82, 2.24) is 9.88 Å². The van der Waals surface area contributed by atoms with Crippen LogP contribution in [0.25, 0.3) is 10.9 Å². The normalized spacial score (nSPS) is 21.5. The van der Waals surface area contributed by atoms with Gasteiger partial charge in [-0.2, -0.15) is 0 Å². The van der Waals surface area contributed by atoms with Crippen molar-refractivity contribution in [3.63, 3.8) is 0 Å². The van der Waals surface area contributed by atoms with Gasteiger partial charge in [0.25, 0.3) is 5.91 Å². The number of amides is 1. The third kappa shape index (κ3) is 2.99. The van der Waals surface area contributed by atoms with Crippen LogP contribution in [0.4, 0.5) is 0 Å². The van der Waals surface area contributed by atoms with E-state index in [1.54, 1.807) is 14.2 Å². The first kappa shape index (κ1) is 15.7. The zero-order chi connectivity index (χ0) is 16.6. The van der Waals surface area contributed by atoms with E-state index < -0.39 is 0 Å². The Morgan fingerprint density at radius 1 is 1.13 bits per heavy atom. The Morgan fingerprint density at radius 3 is 2.35 bits per heavy atom. The van der Waals surface area contributed by atoms with Gasteiger partial charge in [-0.1, -0.05) is 0 Å². The van der Waals surface area contributed by atoms with E-state index in [0.29, 0.717) is 30.3 Å². The van der Waals surface area contributed by atoms with Crippen LogP contribution in [0, 0.1) is 0 Å². The van der Waals surface area contributed by atoms with Crippen molar-refractivity contribution >= 4 is 16.8 Å². The molecule has 6 nitrogen and oxygen atoms in total. The van der Waals surface area contributed by atoms with Gasteiger partial charge in [-0.15, -0.1) is 0 Å². The maximum Gasteiger partial charge on any atom is 0.270 e. The largest absolute Gasteiger partial charge is 0.493 e. The Labute approximate surface area is 135 Å². The fourth-order valence-corrected chi connectivity index (χ4v) is 3.09. The maximum absolute atomic E-state index is 12.7. The molecule has 1 N–H and O–H groups in total. The van der Waals surface area contributed by atoms with Crippen LogP contribution in [-0.2, 0) is 4.74 Å². The lowest BCUT2D eigenvalue weighted by Crippen LogP contribution is -2.48. The molecule has 2 atom stereocenters. The molecule has 1 aromatic carbocycles. The van der Waals surface area contributed by atoms with Gasteiger partial charge in [-0.05, 0) is 26.0 Å². The molecular weight excluding hydrogens is 296 g/mol. The first-order valence-electron chi connectivity index (χ1n) is 7.71. The van der Waals surface area contributed by atoms with Crippen LogP contribution < -0.4 is 9.47 Å². The fraction of sp³-hybridized carbons (Fsp3) is 0.471. The van der Waals surface area contributed by atoms with Crippen LogP contribution in [0.3, 0.4) is 0 Å². The summed E-state index contributed by atoms with van der Waals surface area (Å²) >= 11 is 0. The zero-order valence-corrected chi connectivity index (χ0v) is 13.9. The lowest BCUT2D eigenvalue weighted by Gasteiger charge is -2.35. The van der Waals surface area contributed by atoms with Gasteiger partial charge >= 0.3 is 0 Å². The fourth-order valence-electron chi connectivity index (χ4n) is 3.09. The van der Waals surface area contributed by atoms with E-state index in [4.69, 9.17) is 14.2 Å². The van der Waals surface area contributed by atoms with Crippen LogP contribution in [0.2, 0.25) is 0 Å². The van der Waals surface area contributed by atoms with E-state index in [2.05, 4.69) is 4.98 Å². The van der Waals surface area contributed by atoms with Crippen LogP contribution in [0.15, 0.2) is 18.2 Å². The summed E-state index contributed by atoms with van der Waals surface area (Å²) < 4.78 is 16.3. The number of hydrogen-bond acceptors (Lipinski definition) is 4. The Bertz CT molecular complexity index is 674. The molecule has 0 unspecified atom stereocenters. The summed E-state index contributed by atoms with van der Waals surface area (Å²) in [6.07, 6.45) is 0.0968. The number of methoxy groups -OCH3 is 2. The highest BCUT2D eigenvalue weighted by atomic mass is 16.5. The number of carbonyl (C=O) groups excluding carboxylic acids is 1. The van der Waals surface area contributed by atoms with E-state index in [0.717, 1.165) is 10.9 Å². The zero-order valence-electron chi connectivity index (χ0n) is 13.9. The van der Waals surface area contributed by atoms with E-state index in [-0.39, 0.29) is 18.1 Å². The minimum Gasteiger partial charge on any atom is -0.493 e. The molecule has 1 aromatic heterocycles. The second-order valence-electron chi connectivity index (χ2n) is 5.94. The molecule has 23 heavy (non-hydrogen) atoms. The summed E-state index contributed by atoms with van der Waals surface area (Å²) in [5.41, 5.74) is 1.41. The molecule has 124 valence electrons. The highest BCUT2D eigenvalue weighted by molar-refractivity contribution is 5.98. The first-order chi connectivity index (χ1) is 11.0. The van der Waals surface area contributed by atoms with Crippen molar-refractivity contribution in [1.29, 1.82) is 0 Å². The second kappa shape index (κ2) is 6.12. The highest BCUT2D eigenvalue weighted by Gasteiger charge is 2.27. The number of hydrogen-bond donors (Lipinski definition) is 1. The van der Waals surface area contributed by atoms with Gasteiger partial charge in [-0.25, -0.2) is 0 Å². The summed E-state index contributed by atoms with van der Waals surface area (Å²) in [6.45, 7) is 5.17. The van der Waals surface area contributed by atoms with Crippen molar-refractivity contribution < 1.29 is 19.0 Å². The number of ether oxygens (including phenoxy) is 3. The van der Waals surface area contributed by atoms with E-state index >= 15 is 0 Å². The molecule has 1 saturated heterocycles. The van der Waals surface area contributed by atoms with Gasteiger partial charge in [-0.3, -0.25) is 4.79 Å². The van der Waals surface area contributed by atoms with Crippen LogP contribution in [0.5, 0.6) is 11.5 Å². The lowest BCUT2D eigenvalue weighted by atomic mass is 10.2. The lowest BCUT2D eigenvalue weighted by molar-refractivity contribution is -0.0587.